The molecule has 0 aliphatic heterocycles. The Hall–Kier alpha value is -0.870. The Morgan fingerprint density at radius 1 is 1.35 bits per heavy atom. The third-order valence-electron chi connectivity index (χ3n) is 2.78. The van der Waals surface area contributed by atoms with Gasteiger partial charge in [0.25, 0.3) is 0 Å². The predicted molar refractivity (Wildman–Crippen MR) is 66.3 cm³/mol. The first-order valence-electron chi connectivity index (χ1n) is 5.72. The van der Waals surface area contributed by atoms with E-state index in [1.807, 2.05) is 13.8 Å². The van der Waals surface area contributed by atoms with Crippen molar-refractivity contribution in [2.24, 2.45) is 11.3 Å². The fraction of sp³-hybridized carbons (Fsp3) is 0.769. The third kappa shape index (κ3) is 4.13. The number of ether oxygens (including phenoxy) is 2. The van der Waals surface area contributed by atoms with Gasteiger partial charge in [0.2, 0.25) is 6.29 Å². The number of hydrogen-bond donors (Lipinski definition) is 1. The molecule has 0 aliphatic rings. The van der Waals surface area contributed by atoms with Gasteiger partial charge in [-0.25, -0.2) is 4.79 Å². The molecule has 2 unspecified atom stereocenters. The van der Waals surface area contributed by atoms with Crippen LogP contribution in [0.1, 0.15) is 34.6 Å². The Balaban J connectivity index is 4.86. The summed E-state index contributed by atoms with van der Waals surface area (Å²) in [4.78, 5) is 11.5. The fourth-order valence-electron chi connectivity index (χ4n) is 1.70. The molecule has 0 aromatic carbocycles. The van der Waals surface area contributed by atoms with Crippen LogP contribution in [-0.2, 0) is 14.3 Å². The van der Waals surface area contributed by atoms with E-state index in [-0.39, 0.29) is 5.92 Å². The molecule has 4 heteroatoms. The van der Waals surface area contributed by atoms with Crippen molar-refractivity contribution in [1.29, 1.82) is 0 Å². The number of aliphatic hydroxyl groups excluding tert-OH is 1. The molecule has 0 amide bonds. The summed E-state index contributed by atoms with van der Waals surface area (Å²) in [7, 11) is 1.45. The first kappa shape index (κ1) is 16.1. The first-order valence-corrected chi connectivity index (χ1v) is 5.72. The molecule has 0 aliphatic carbocycles. The lowest BCUT2D eigenvalue weighted by Crippen LogP contribution is -2.46. The molecule has 0 aromatic heterocycles. The van der Waals surface area contributed by atoms with Crippen LogP contribution in [0.5, 0.6) is 0 Å². The maximum atomic E-state index is 11.5. The molecule has 0 radical (unpaired) electrons. The van der Waals surface area contributed by atoms with E-state index in [1.54, 1.807) is 20.8 Å². The van der Waals surface area contributed by atoms with Crippen molar-refractivity contribution >= 4 is 5.97 Å². The van der Waals surface area contributed by atoms with Crippen molar-refractivity contribution in [1.82, 2.24) is 0 Å². The summed E-state index contributed by atoms with van der Waals surface area (Å²) in [5.41, 5.74) is -0.379. The maximum absolute atomic E-state index is 11.5. The van der Waals surface area contributed by atoms with E-state index in [2.05, 4.69) is 6.58 Å². The zero-order valence-electron chi connectivity index (χ0n) is 11.6. The van der Waals surface area contributed by atoms with E-state index in [4.69, 9.17) is 9.47 Å². The van der Waals surface area contributed by atoms with Crippen molar-refractivity contribution in [2.45, 2.75) is 47.0 Å². The molecule has 0 spiro atoms. The lowest BCUT2D eigenvalue weighted by Gasteiger charge is -2.38. The van der Waals surface area contributed by atoms with Crippen LogP contribution in [0.2, 0.25) is 0 Å². The molecular weight excluding hydrogens is 220 g/mol. The standard InChI is InChI=1S/C13H24O4/c1-8(2)10(14)13(5,6)12(16-7)17-11(15)9(3)4/h8,10,12,14H,3H2,1-2,4-7H3. The number of hydrogen-bond acceptors (Lipinski definition) is 4. The molecule has 1 N–H and O–H groups in total. The van der Waals surface area contributed by atoms with Gasteiger partial charge in [-0.3, -0.25) is 0 Å². The second-order valence-corrected chi connectivity index (χ2v) is 5.26. The molecule has 0 heterocycles. The number of rotatable bonds is 6. The van der Waals surface area contributed by atoms with E-state index in [0.717, 1.165) is 0 Å². The van der Waals surface area contributed by atoms with E-state index in [9.17, 15) is 9.90 Å². The molecule has 0 aromatic rings. The van der Waals surface area contributed by atoms with Crippen LogP contribution in [0.25, 0.3) is 0 Å². The van der Waals surface area contributed by atoms with Gasteiger partial charge in [-0.1, -0.05) is 34.3 Å². The lowest BCUT2D eigenvalue weighted by molar-refractivity contribution is -0.214. The molecule has 2 atom stereocenters. The van der Waals surface area contributed by atoms with Gasteiger partial charge >= 0.3 is 5.97 Å². The lowest BCUT2D eigenvalue weighted by atomic mass is 9.80. The summed E-state index contributed by atoms with van der Waals surface area (Å²) in [6, 6.07) is 0. The molecular formula is C13H24O4. The molecule has 0 rings (SSSR count). The highest BCUT2D eigenvalue weighted by Crippen LogP contribution is 2.32. The number of carbonyl (C=O) groups is 1. The van der Waals surface area contributed by atoms with Crippen LogP contribution < -0.4 is 0 Å². The molecule has 0 bridgehead atoms. The predicted octanol–water partition coefficient (Wildman–Crippen LogP) is 2.12. The number of aliphatic hydroxyl groups is 1. The molecule has 0 fully saturated rings. The van der Waals surface area contributed by atoms with Gasteiger partial charge in [-0.15, -0.1) is 0 Å². The zero-order chi connectivity index (χ0) is 13.8. The average molecular weight is 244 g/mol. The van der Waals surface area contributed by atoms with Crippen LogP contribution in [0.4, 0.5) is 0 Å². The number of esters is 1. The van der Waals surface area contributed by atoms with Gasteiger partial charge in [-0.05, 0) is 12.8 Å². The molecule has 0 saturated carbocycles. The molecule has 4 nitrogen and oxygen atoms in total. The second-order valence-electron chi connectivity index (χ2n) is 5.26. The van der Waals surface area contributed by atoms with Gasteiger partial charge in [0.1, 0.15) is 0 Å². The zero-order valence-corrected chi connectivity index (χ0v) is 11.6. The summed E-state index contributed by atoms with van der Waals surface area (Å²) < 4.78 is 10.3. The molecule has 0 saturated heterocycles. The second kappa shape index (κ2) is 6.17. The van der Waals surface area contributed by atoms with Gasteiger partial charge in [0, 0.05) is 12.7 Å². The minimum atomic E-state index is -0.802. The van der Waals surface area contributed by atoms with Crippen LogP contribution in [0.3, 0.4) is 0 Å². The largest absolute Gasteiger partial charge is 0.432 e. The Morgan fingerprint density at radius 3 is 2.12 bits per heavy atom. The van der Waals surface area contributed by atoms with E-state index >= 15 is 0 Å². The molecule has 17 heavy (non-hydrogen) atoms. The van der Waals surface area contributed by atoms with Gasteiger partial charge in [-0.2, -0.15) is 0 Å². The minimum Gasteiger partial charge on any atom is -0.432 e. The number of carbonyl (C=O) groups excluding carboxylic acids is 1. The highest BCUT2D eigenvalue weighted by Gasteiger charge is 2.41. The Bertz CT molecular complexity index is 281. The van der Waals surface area contributed by atoms with Crippen molar-refractivity contribution in [2.75, 3.05) is 7.11 Å². The van der Waals surface area contributed by atoms with Crippen molar-refractivity contribution in [3.8, 4) is 0 Å². The SMILES string of the molecule is C=C(C)C(=O)OC(OC)C(C)(C)C(O)C(C)C. The summed E-state index contributed by atoms with van der Waals surface area (Å²) in [5.74, 6) is -0.466. The summed E-state index contributed by atoms with van der Waals surface area (Å²) in [5, 5.41) is 10.1. The smallest absolute Gasteiger partial charge is 0.335 e. The normalized spacial score (nSPS) is 15.5. The van der Waals surface area contributed by atoms with Gasteiger partial charge < -0.3 is 14.6 Å². The molecule has 100 valence electrons. The minimum absolute atomic E-state index is 0.0474. The number of methoxy groups -OCH3 is 1. The summed E-state index contributed by atoms with van der Waals surface area (Å²) >= 11 is 0. The van der Waals surface area contributed by atoms with Gasteiger partial charge in [0.05, 0.1) is 11.5 Å². The Labute approximate surface area is 104 Å². The Morgan fingerprint density at radius 2 is 1.82 bits per heavy atom. The van der Waals surface area contributed by atoms with Crippen LogP contribution in [0, 0.1) is 11.3 Å². The van der Waals surface area contributed by atoms with Gasteiger partial charge in [0.15, 0.2) is 0 Å². The highest BCUT2D eigenvalue weighted by atomic mass is 16.7. The topological polar surface area (TPSA) is 55.8 Å². The quantitative estimate of drug-likeness (QED) is 0.442. The van der Waals surface area contributed by atoms with Crippen LogP contribution in [-0.4, -0.2) is 30.6 Å². The fourth-order valence-corrected chi connectivity index (χ4v) is 1.70. The summed E-state index contributed by atoms with van der Waals surface area (Å²) in [6.07, 6.45) is -1.44. The maximum Gasteiger partial charge on any atom is 0.335 e. The first-order chi connectivity index (χ1) is 7.64. The Kier molecular flexibility index (Phi) is 5.85. The highest BCUT2D eigenvalue weighted by molar-refractivity contribution is 5.87. The van der Waals surface area contributed by atoms with Crippen molar-refractivity contribution in [3.05, 3.63) is 12.2 Å². The van der Waals surface area contributed by atoms with Crippen LogP contribution >= 0.6 is 0 Å². The third-order valence-corrected chi connectivity index (χ3v) is 2.78. The van der Waals surface area contributed by atoms with E-state index in [0.29, 0.717) is 5.57 Å². The monoisotopic (exact) mass is 244 g/mol. The van der Waals surface area contributed by atoms with E-state index in [1.165, 1.54) is 7.11 Å². The van der Waals surface area contributed by atoms with E-state index < -0.39 is 23.8 Å². The van der Waals surface area contributed by atoms with Crippen LogP contribution in [0.15, 0.2) is 12.2 Å². The summed E-state index contributed by atoms with van der Waals surface area (Å²) in [6.45, 7) is 12.5. The van der Waals surface area contributed by atoms with Crippen molar-refractivity contribution in [3.63, 3.8) is 0 Å². The van der Waals surface area contributed by atoms with Crippen molar-refractivity contribution < 1.29 is 19.4 Å². The average Bonchev–Trinajstić information content (AvgIpc) is 2.23.